The van der Waals surface area contributed by atoms with Crippen molar-refractivity contribution in [1.82, 2.24) is 0 Å². The third-order valence-corrected chi connectivity index (χ3v) is 6.42. The topological polar surface area (TPSA) is 46.3 Å². The molecule has 1 fully saturated rings. The van der Waals surface area contributed by atoms with Crippen LogP contribution in [0.5, 0.6) is 0 Å². The molecule has 1 saturated heterocycles. The molecule has 0 amide bonds. The Balaban J connectivity index is 2.30. The number of nitrogens with two attached hydrogens (primary N) is 1. The van der Waals surface area contributed by atoms with E-state index < -0.39 is 0 Å². The molecule has 0 bridgehead atoms. The molecule has 2 N–H and O–H groups in total. The number of carbonyl (C=O) groups excluding carboxylic acids is 1. The highest BCUT2D eigenvalue weighted by Gasteiger charge is 2.34. The number of rotatable bonds is 3. The third-order valence-electron chi connectivity index (χ3n) is 4.11. The Morgan fingerprint density at radius 2 is 2.10 bits per heavy atom. The summed E-state index contributed by atoms with van der Waals surface area (Å²) < 4.78 is 0. The van der Waals surface area contributed by atoms with Crippen LogP contribution in [0.15, 0.2) is 4.90 Å². The highest BCUT2D eigenvalue weighted by Crippen LogP contribution is 2.46. The summed E-state index contributed by atoms with van der Waals surface area (Å²) in [5.74, 6) is 0.766. The zero-order valence-electron chi connectivity index (χ0n) is 12.9. The number of nitrogen functional groups attached to an aromatic ring is 1. The molecule has 0 saturated carbocycles. The molecule has 0 spiro atoms. The molecule has 112 valence electrons. The van der Waals surface area contributed by atoms with Crippen molar-refractivity contribution in [3.63, 3.8) is 0 Å². The van der Waals surface area contributed by atoms with Crippen molar-refractivity contribution in [1.29, 1.82) is 0 Å². The maximum absolute atomic E-state index is 11.7. The molecule has 5 heteroatoms. The van der Waals surface area contributed by atoms with Crippen molar-refractivity contribution in [2.75, 3.05) is 30.0 Å². The van der Waals surface area contributed by atoms with Crippen LogP contribution in [0, 0.1) is 11.3 Å². The molecule has 1 atom stereocenters. The van der Waals surface area contributed by atoms with Gasteiger partial charge in [0.1, 0.15) is 5.00 Å². The van der Waals surface area contributed by atoms with E-state index in [4.69, 9.17) is 5.73 Å². The lowest BCUT2D eigenvalue weighted by molar-refractivity contribution is 0.102. The number of hydrogen-bond donors (Lipinski definition) is 1. The molecule has 0 aliphatic carbocycles. The summed E-state index contributed by atoms with van der Waals surface area (Å²) >= 11 is 3.21. The van der Waals surface area contributed by atoms with E-state index in [1.165, 1.54) is 11.4 Å². The Hall–Kier alpha value is -0.680. The third kappa shape index (κ3) is 2.84. The maximum atomic E-state index is 11.7. The summed E-state index contributed by atoms with van der Waals surface area (Å²) in [6, 6.07) is 0. The van der Waals surface area contributed by atoms with Crippen molar-refractivity contribution in [2.24, 2.45) is 11.3 Å². The van der Waals surface area contributed by atoms with Crippen LogP contribution in [-0.2, 0) is 0 Å². The Morgan fingerprint density at radius 1 is 1.45 bits per heavy atom. The van der Waals surface area contributed by atoms with Gasteiger partial charge in [0.15, 0.2) is 5.78 Å². The van der Waals surface area contributed by atoms with Gasteiger partial charge >= 0.3 is 0 Å². The normalized spacial score (nSPS) is 19.6. The molecule has 3 nitrogen and oxygen atoms in total. The smallest absolute Gasteiger partial charge is 0.171 e. The number of thioether (sulfide) groups is 1. The van der Waals surface area contributed by atoms with Gasteiger partial charge in [-0.3, -0.25) is 4.79 Å². The van der Waals surface area contributed by atoms with E-state index in [9.17, 15) is 4.79 Å². The van der Waals surface area contributed by atoms with Crippen LogP contribution in [-0.4, -0.2) is 25.1 Å². The van der Waals surface area contributed by atoms with Gasteiger partial charge in [-0.15, -0.1) is 23.1 Å². The first kappa shape index (κ1) is 15.7. The number of ketones is 1. The van der Waals surface area contributed by atoms with E-state index >= 15 is 0 Å². The number of carbonyl (C=O) groups is 1. The van der Waals surface area contributed by atoms with E-state index in [0.717, 1.165) is 18.0 Å². The molecule has 20 heavy (non-hydrogen) atoms. The minimum atomic E-state index is 0.0700. The Kier molecular flexibility index (Phi) is 4.40. The largest absolute Gasteiger partial charge is 0.396 e. The van der Waals surface area contributed by atoms with Gasteiger partial charge < -0.3 is 10.6 Å². The van der Waals surface area contributed by atoms with Gasteiger partial charge in [0, 0.05) is 20.0 Å². The highest BCUT2D eigenvalue weighted by molar-refractivity contribution is 7.99. The molecule has 2 rings (SSSR count). The second-order valence-electron chi connectivity index (χ2n) is 6.54. The number of anilines is 2. The van der Waals surface area contributed by atoms with Crippen molar-refractivity contribution >= 4 is 39.6 Å². The lowest BCUT2D eigenvalue weighted by atomic mass is 9.80. The molecule has 1 aliphatic heterocycles. The number of nitrogens with zero attached hydrogens (tertiary/aromatic N) is 1. The fraction of sp³-hybridized carbons (Fsp3) is 0.667. The SMILES string of the molecule is CSc1c(N2CCC(C(C)(C)C)C2)sc(C(C)=O)c1N. The molecule has 2 heterocycles. The second kappa shape index (κ2) is 5.60. The lowest BCUT2D eigenvalue weighted by Gasteiger charge is -2.27. The van der Waals surface area contributed by atoms with Gasteiger partial charge in [-0.1, -0.05) is 20.8 Å². The molecular weight excluding hydrogens is 288 g/mol. The molecule has 1 aromatic heterocycles. The summed E-state index contributed by atoms with van der Waals surface area (Å²) in [4.78, 5) is 15.9. The van der Waals surface area contributed by atoms with Crippen LogP contribution < -0.4 is 10.6 Å². The van der Waals surface area contributed by atoms with Gasteiger partial charge in [-0.25, -0.2) is 0 Å². The predicted octanol–water partition coefficient (Wildman–Crippen LogP) is 4.13. The zero-order valence-corrected chi connectivity index (χ0v) is 14.6. The van der Waals surface area contributed by atoms with Crippen LogP contribution in [0.1, 0.15) is 43.8 Å². The van der Waals surface area contributed by atoms with Crippen LogP contribution in [0.3, 0.4) is 0 Å². The van der Waals surface area contributed by atoms with Crippen LogP contribution >= 0.6 is 23.1 Å². The first-order chi connectivity index (χ1) is 9.25. The van der Waals surface area contributed by atoms with Gasteiger partial charge in [-0.05, 0) is 24.0 Å². The van der Waals surface area contributed by atoms with E-state index in [1.807, 2.05) is 6.26 Å². The Labute approximate surface area is 129 Å². The standard InChI is InChI=1S/C15H24N2OS2/c1-9(18)12-11(16)13(19-5)14(20-12)17-7-6-10(8-17)15(2,3)4/h10H,6-8,16H2,1-5H3. The minimum Gasteiger partial charge on any atom is -0.396 e. The molecule has 0 radical (unpaired) electrons. The van der Waals surface area contributed by atoms with Gasteiger partial charge in [0.2, 0.25) is 0 Å². The van der Waals surface area contributed by atoms with Crippen molar-refractivity contribution < 1.29 is 4.79 Å². The van der Waals surface area contributed by atoms with Crippen LogP contribution in [0.25, 0.3) is 0 Å². The highest BCUT2D eigenvalue weighted by atomic mass is 32.2. The first-order valence-corrected chi connectivity index (χ1v) is 9.02. The molecule has 1 unspecified atom stereocenters. The van der Waals surface area contributed by atoms with Gasteiger partial charge in [0.05, 0.1) is 15.5 Å². The fourth-order valence-corrected chi connectivity index (χ4v) is 4.85. The summed E-state index contributed by atoms with van der Waals surface area (Å²) in [5.41, 5.74) is 7.15. The second-order valence-corrected chi connectivity index (χ2v) is 8.35. The van der Waals surface area contributed by atoms with E-state index in [1.54, 1.807) is 30.0 Å². The van der Waals surface area contributed by atoms with Gasteiger partial charge in [0.25, 0.3) is 0 Å². The maximum Gasteiger partial charge on any atom is 0.171 e. The van der Waals surface area contributed by atoms with Crippen molar-refractivity contribution in [3.05, 3.63) is 4.88 Å². The lowest BCUT2D eigenvalue weighted by Crippen LogP contribution is -2.25. The average Bonchev–Trinajstić information content (AvgIpc) is 2.91. The number of Topliss-reactive ketones (excluding diaryl/α,β-unsaturated/α-hetero) is 1. The monoisotopic (exact) mass is 312 g/mol. The van der Waals surface area contributed by atoms with Gasteiger partial charge in [-0.2, -0.15) is 0 Å². The van der Waals surface area contributed by atoms with Crippen LogP contribution in [0.4, 0.5) is 10.7 Å². The molecule has 1 aromatic rings. The summed E-state index contributed by atoms with van der Waals surface area (Å²) in [7, 11) is 0. The average molecular weight is 313 g/mol. The quantitative estimate of drug-likeness (QED) is 0.673. The first-order valence-electron chi connectivity index (χ1n) is 6.97. The van der Waals surface area contributed by atoms with Crippen molar-refractivity contribution in [2.45, 2.75) is 39.0 Å². The predicted molar refractivity (Wildman–Crippen MR) is 90.3 cm³/mol. The number of hydrogen-bond acceptors (Lipinski definition) is 5. The molecule has 1 aliphatic rings. The minimum absolute atomic E-state index is 0.0700. The Bertz CT molecular complexity index is 517. The van der Waals surface area contributed by atoms with Crippen LogP contribution in [0.2, 0.25) is 0 Å². The van der Waals surface area contributed by atoms with E-state index in [-0.39, 0.29) is 5.78 Å². The van der Waals surface area contributed by atoms with E-state index in [0.29, 0.717) is 21.9 Å². The fourth-order valence-electron chi connectivity index (χ4n) is 2.73. The number of thiophene rings is 1. The Morgan fingerprint density at radius 3 is 2.55 bits per heavy atom. The zero-order chi connectivity index (χ0) is 15.1. The molecular formula is C15H24N2OS2. The summed E-state index contributed by atoms with van der Waals surface area (Å²) in [6.07, 6.45) is 3.24. The summed E-state index contributed by atoms with van der Waals surface area (Å²) in [5, 5.41) is 1.19. The molecule has 0 aromatic carbocycles. The summed E-state index contributed by atoms with van der Waals surface area (Å²) in [6.45, 7) is 10.6. The van der Waals surface area contributed by atoms with Crippen molar-refractivity contribution in [3.8, 4) is 0 Å². The van der Waals surface area contributed by atoms with E-state index in [2.05, 4.69) is 25.7 Å².